The Kier molecular flexibility index (Phi) is 4.97. The molecule has 5 rings (SSSR count). The Hall–Kier alpha value is -2.59. The number of likely N-dealkylation sites (tertiary alicyclic amines) is 1. The molecule has 1 unspecified atom stereocenters. The Balaban J connectivity index is 1.43. The van der Waals surface area contributed by atoms with E-state index in [0.717, 1.165) is 56.5 Å². The number of aromatic nitrogens is 5. The van der Waals surface area contributed by atoms with E-state index < -0.39 is 17.6 Å². The van der Waals surface area contributed by atoms with Crippen LogP contribution >= 0.6 is 11.6 Å². The Morgan fingerprint density at radius 2 is 2.00 bits per heavy atom. The van der Waals surface area contributed by atoms with Crippen LogP contribution in [0.15, 0.2) is 24.5 Å². The molecule has 1 fully saturated rings. The topological polar surface area (TPSA) is 88.7 Å². The molecule has 0 bridgehead atoms. The van der Waals surface area contributed by atoms with Crippen molar-refractivity contribution in [3.63, 3.8) is 0 Å². The molecule has 11 heteroatoms. The van der Waals surface area contributed by atoms with Gasteiger partial charge in [-0.15, -0.1) is 0 Å². The minimum Gasteiger partial charge on any atom is -0.383 e. The lowest BCUT2D eigenvalue weighted by Crippen LogP contribution is -2.32. The highest BCUT2D eigenvalue weighted by molar-refractivity contribution is 6.29. The molecule has 5 heterocycles. The van der Waals surface area contributed by atoms with Gasteiger partial charge in [-0.25, -0.2) is 9.97 Å². The summed E-state index contributed by atoms with van der Waals surface area (Å²) in [5.41, 5.74) is 6.30. The largest absolute Gasteiger partial charge is 0.419 e. The second-order valence-electron chi connectivity index (χ2n) is 8.58. The van der Waals surface area contributed by atoms with Crippen LogP contribution in [0.5, 0.6) is 0 Å². The number of hydrogen-bond donors (Lipinski definition) is 2. The van der Waals surface area contributed by atoms with Crippen molar-refractivity contribution in [3.05, 3.63) is 46.8 Å². The van der Waals surface area contributed by atoms with Crippen molar-refractivity contribution in [2.75, 3.05) is 18.8 Å². The van der Waals surface area contributed by atoms with E-state index in [0.29, 0.717) is 16.4 Å². The molecule has 3 aromatic rings. The van der Waals surface area contributed by atoms with Crippen LogP contribution in [0.25, 0.3) is 11.3 Å². The number of nitrogen functional groups attached to an aromatic ring is 1. The molecule has 32 heavy (non-hydrogen) atoms. The summed E-state index contributed by atoms with van der Waals surface area (Å²) in [6.07, 6.45) is 1.21. The summed E-state index contributed by atoms with van der Waals surface area (Å²) in [5.74, 6) is 0.328. The van der Waals surface area contributed by atoms with Crippen molar-refractivity contribution in [2.24, 2.45) is 0 Å². The smallest absolute Gasteiger partial charge is 0.383 e. The van der Waals surface area contributed by atoms with Gasteiger partial charge in [0.2, 0.25) is 0 Å². The molecular weight excluding hydrogens is 443 g/mol. The van der Waals surface area contributed by atoms with Crippen molar-refractivity contribution in [3.8, 4) is 11.3 Å². The number of hydrogen-bond acceptors (Lipinski definition) is 5. The van der Waals surface area contributed by atoms with Crippen LogP contribution in [-0.2, 0) is 18.1 Å². The minimum absolute atomic E-state index is 0.0802. The van der Waals surface area contributed by atoms with Crippen molar-refractivity contribution in [2.45, 2.75) is 50.4 Å². The summed E-state index contributed by atoms with van der Waals surface area (Å²) in [6.45, 7) is 4.60. The maximum atomic E-state index is 13.3. The van der Waals surface area contributed by atoms with Crippen LogP contribution in [0.1, 0.15) is 49.3 Å². The molecule has 170 valence electrons. The molecule has 3 aromatic heterocycles. The van der Waals surface area contributed by atoms with E-state index in [1.807, 2.05) is 10.7 Å². The molecule has 0 radical (unpaired) electrons. The van der Waals surface area contributed by atoms with Crippen LogP contribution < -0.4 is 5.73 Å². The predicted octanol–water partition coefficient (Wildman–Crippen LogP) is 4.42. The third-order valence-electron chi connectivity index (χ3n) is 6.74. The quantitative estimate of drug-likeness (QED) is 0.595. The van der Waals surface area contributed by atoms with Gasteiger partial charge in [0.05, 0.1) is 23.5 Å². The highest BCUT2D eigenvalue weighted by Gasteiger charge is 2.47. The molecule has 0 aliphatic carbocycles. The number of aryl methyl sites for hydroxylation is 1. The Morgan fingerprint density at radius 1 is 1.22 bits per heavy atom. The fourth-order valence-electron chi connectivity index (χ4n) is 5.14. The SMILES string of the molecule is CCC(c1ncc(Cl)[nH]1)N1CC[C@@]2(CCn3nc(-c4cnc(N)c(C(F)(F)F)c4)cc32)C1. The Morgan fingerprint density at radius 3 is 2.69 bits per heavy atom. The lowest BCUT2D eigenvalue weighted by Gasteiger charge is -2.28. The summed E-state index contributed by atoms with van der Waals surface area (Å²) in [6, 6.07) is 3.07. The van der Waals surface area contributed by atoms with Crippen molar-refractivity contribution < 1.29 is 13.2 Å². The number of pyridine rings is 1. The standard InChI is InChI=1S/C21H23ClF3N7/c1-2-15(19-28-10-17(22)29-19)31-5-3-20(11-31)4-6-32-16(20)8-14(30-32)12-7-13(21(23,24)25)18(26)27-9-12/h7-10,15H,2-6,11H2,1H3,(H2,26,27)(H,28,29)/t15?,20-/m1/s1. The number of alkyl halides is 3. The lowest BCUT2D eigenvalue weighted by molar-refractivity contribution is -0.137. The van der Waals surface area contributed by atoms with Crippen LogP contribution in [0, 0.1) is 0 Å². The second kappa shape index (κ2) is 7.48. The molecule has 3 N–H and O–H groups in total. The summed E-state index contributed by atoms with van der Waals surface area (Å²) < 4.78 is 41.7. The maximum absolute atomic E-state index is 13.3. The predicted molar refractivity (Wildman–Crippen MR) is 114 cm³/mol. The van der Waals surface area contributed by atoms with Gasteiger partial charge in [-0.05, 0) is 37.9 Å². The third-order valence-corrected chi connectivity index (χ3v) is 6.93. The molecule has 7 nitrogen and oxygen atoms in total. The fourth-order valence-corrected chi connectivity index (χ4v) is 5.28. The van der Waals surface area contributed by atoms with Crippen molar-refractivity contribution >= 4 is 17.4 Å². The van der Waals surface area contributed by atoms with E-state index in [1.54, 1.807) is 6.20 Å². The summed E-state index contributed by atoms with van der Waals surface area (Å²) >= 11 is 6.03. The summed E-state index contributed by atoms with van der Waals surface area (Å²) in [4.78, 5) is 13.7. The van der Waals surface area contributed by atoms with Gasteiger partial charge < -0.3 is 10.7 Å². The monoisotopic (exact) mass is 465 g/mol. The number of imidazole rings is 1. The van der Waals surface area contributed by atoms with E-state index in [-0.39, 0.29) is 11.5 Å². The zero-order chi connectivity index (χ0) is 22.7. The first-order chi connectivity index (χ1) is 15.2. The third kappa shape index (κ3) is 3.45. The number of anilines is 1. The van der Waals surface area contributed by atoms with Crippen LogP contribution in [0.4, 0.5) is 19.0 Å². The lowest BCUT2D eigenvalue weighted by atomic mass is 9.82. The minimum atomic E-state index is -4.56. The molecule has 2 aliphatic heterocycles. The number of nitrogens with two attached hydrogens (primary N) is 1. The summed E-state index contributed by atoms with van der Waals surface area (Å²) in [7, 11) is 0. The molecule has 0 amide bonds. The number of fused-ring (bicyclic) bond motifs is 2. The first kappa shape index (κ1) is 21.3. The van der Waals surface area contributed by atoms with E-state index in [1.165, 1.54) is 6.20 Å². The van der Waals surface area contributed by atoms with E-state index in [4.69, 9.17) is 17.3 Å². The Labute approximate surface area is 187 Å². The highest BCUT2D eigenvalue weighted by Crippen LogP contribution is 2.46. The van der Waals surface area contributed by atoms with E-state index in [2.05, 4.69) is 31.9 Å². The van der Waals surface area contributed by atoms with Crippen LogP contribution in [-0.4, -0.2) is 42.7 Å². The molecular formula is C21H23ClF3N7. The molecule has 0 aromatic carbocycles. The van der Waals surface area contributed by atoms with Crippen molar-refractivity contribution in [1.29, 1.82) is 0 Å². The van der Waals surface area contributed by atoms with Gasteiger partial charge in [-0.3, -0.25) is 9.58 Å². The zero-order valence-electron chi connectivity index (χ0n) is 17.5. The normalized spacial score (nSPS) is 22.0. The zero-order valence-corrected chi connectivity index (χ0v) is 18.2. The Bertz CT molecular complexity index is 1150. The number of nitrogens with zero attached hydrogens (tertiary/aromatic N) is 5. The van der Waals surface area contributed by atoms with Gasteiger partial charge >= 0.3 is 6.18 Å². The van der Waals surface area contributed by atoms with Gasteiger partial charge in [0.25, 0.3) is 0 Å². The maximum Gasteiger partial charge on any atom is 0.419 e. The van der Waals surface area contributed by atoms with Gasteiger partial charge in [0.1, 0.15) is 16.8 Å². The summed E-state index contributed by atoms with van der Waals surface area (Å²) in [5, 5.41) is 5.12. The molecule has 0 saturated carbocycles. The second-order valence-corrected chi connectivity index (χ2v) is 8.99. The fraction of sp³-hybridized carbons (Fsp3) is 0.476. The number of aromatic amines is 1. The number of H-pyrrole nitrogens is 1. The first-order valence-corrected chi connectivity index (χ1v) is 10.9. The van der Waals surface area contributed by atoms with Gasteiger partial charge in [0.15, 0.2) is 0 Å². The van der Waals surface area contributed by atoms with Gasteiger partial charge in [-0.1, -0.05) is 18.5 Å². The average molecular weight is 466 g/mol. The number of nitrogens with one attached hydrogen (secondary N) is 1. The van der Waals surface area contributed by atoms with Gasteiger partial charge in [0, 0.05) is 36.0 Å². The molecule has 2 aliphatic rings. The van der Waals surface area contributed by atoms with E-state index in [9.17, 15) is 13.2 Å². The highest BCUT2D eigenvalue weighted by atomic mass is 35.5. The molecule has 2 atom stereocenters. The molecule has 1 saturated heterocycles. The number of halogens is 4. The van der Waals surface area contributed by atoms with Crippen LogP contribution in [0.3, 0.4) is 0 Å². The number of rotatable bonds is 4. The first-order valence-electron chi connectivity index (χ1n) is 10.6. The van der Waals surface area contributed by atoms with Gasteiger partial charge in [-0.2, -0.15) is 18.3 Å². The van der Waals surface area contributed by atoms with Crippen LogP contribution in [0.2, 0.25) is 5.15 Å². The average Bonchev–Trinajstić information content (AvgIpc) is 3.50. The molecule has 1 spiro atoms. The van der Waals surface area contributed by atoms with E-state index >= 15 is 0 Å². The van der Waals surface area contributed by atoms with Crippen molar-refractivity contribution in [1.82, 2.24) is 29.6 Å².